The van der Waals surface area contributed by atoms with Crippen molar-refractivity contribution in [2.24, 2.45) is 0 Å². The summed E-state index contributed by atoms with van der Waals surface area (Å²) in [7, 11) is 0. The largest absolute Gasteiger partial charge is 0.449 e. The fourth-order valence-corrected chi connectivity index (χ4v) is 2.81. The van der Waals surface area contributed by atoms with Crippen molar-refractivity contribution < 1.29 is 19.1 Å². The second-order valence-corrected chi connectivity index (χ2v) is 5.84. The molecule has 0 aliphatic rings. The van der Waals surface area contributed by atoms with Crippen molar-refractivity contribution in [1.29, 1.82) is 0 Å². The smallest absolute Gasteiger partial charge is 0.342 e. The molecule has 7 heteroatoms. The second-order valence-electron chi connectivity index (χ2n) is 4.61. The van der Waals surface area contributed by atoms with Crippen LogP contribution in [0.5, 0.6) is 0 Å². The van der Waals surface area contributed by atoms with Gasteiger partial charge in [-0.1, -0.05) is 0 Å². The Hall–Kier alpha value is -1.89. The molecule has 1 rings (SSSR count). The molecule has 0 aliphatic carbocycles. The lowest BCUT2D eigenvalue weighted by Gasteiger charge is -2.13. The normalized spacial score (nSPS) is 11.7. The van der Waals surface area contributed by atoms with Crippen LogP contribution in [0.4, 0.5) is 5.00 Å². The molecule has 1 heterocycles. The molecule has 0 saturated heterocycles. The average molecular weight is 312 g/mol. The number of esters is 1. The van der Waals surface area contributed by atoms with E-state index in [2.05, 4.69) is 10.6 Å². The number of likely N-dealkylation sites (N-methyl/N-ethyl adjacent to an activating group) is 1. The van der Waals surface area contributed by atoms with Gasteiger partial charge in [-0.2, -0.15) is 0 Å². The molecule has 0 aliphatic heterocycles. The van der Waals surface area contributed by atoms with E-state index in [1.54, 1.807) is 13.8 Å². The molecule has 2 amide bonds. The molecule has 1 atom stereocenters. The summed E-state index contributed by atoms with van der Waals surface area (Å²) in [5.41, 5.74) is 1.06. The summed E-state index contributed by atoms with van der Waals surface area (Å²) in [6.07, 6.45) is -0.887. The minimum atomic E-state index is -0.887. The number of carbonyl (C=O) groups excluding carboxylic acids is 3. The number of aryl methyl sites for hydroxylation is 1. The lowest BCUT2D eigenvalue weighted by molar-refractivity contribution is -0.129. The van der Waals surface area contributed by atoms with Crippen LogP contribution < -0.4 is 10.6 Å². The van der Waals surface area contributed by atoms with Gasteiger partial charge in [-0.05, 0) is 33.3 Å². The van der Waals surface area contributed by atoms with Gasteiger partial charge < -0.3 is 15.4 Å². The molecule has 1 aromatic heterocycles. The first-order chi connectivity index (χ1) is 9.77. The predicted octanol–water partition coefficient (Wildman–Crippen LogP) is 2.00. The van der Waals surface area contributed by atoms with Gasteiger partial charge in [0, 0.05) is 18.3 Å². The Kier molecular flexibility index (Phi) is 5.90. The van der Waals surface area contributed by atoms with Crippen LogP contribution in [0.3, 0.4) is 0 Å². The fourth-order valence-electron chi connectivity index (χ4n) is 1.71. The number of hydrogen-bond donors (Lipinski definition) is 2. The van der Waals surface area contributed by atoms with Crippen molar-refractivity contribution >= 4 is 34.1 Å². The Balaban J connectivity index is 2.96. The van der Waals surface area contributed by atoms with Crippen LogP contribution >= 0.6 is 11.3 Å². The summed E-state index contributed by atoms with van der Waals surface area (Å²) in [6.45, 7) is 8.77. The minimum Gasteiger partial charge on any atom is -0.449 e. The van der Waals surface area contributed by atoms with E-state index in [1.165, 1.54) is 25.2 Å². The van der Waals surface area contributed by atoms with Crippen LogP contribution in [0.1, 0.15) is 41.6 Å². The Morgan fingerprint density at radius 1 is 1.29 bits per heavy atom. The topological polar surface area (TPSA) is 84.5 Å². The first kappa shape index (κ1) is 17.2. The number of ether oxygens (including phenoxy) is 1. The van der Waals surface area contributed by atoms with E-state index in [1.807, 2.05) is 6.92 Å². The van der Waals surface area contributed by atoms with Gasteiger partial charge in [-0.15, -0.1) is 11.3 Å². The lowest BCUT2D eigenvalue weighted by atomic mass is 10.1. The van der Waals surface area contributed by atoms with E-state index >= 15 is 0 Å². The van der Waals surface area contributed by atoms with Gasteiger partial charge in [0.25, 0.3) is 5.91 Å². The van der Waals surface area contributed by atoms with Gasteiger partial charge >= 0.3 is 5.97 Å². The summed E-state index contributed by atoms with van der Waals surface area (Å²) in [5, 5.41) is 5.66. The molecular formula is C14H20N2O4S. The van der Waals surface area contributed by atoms with Gasteiger partial charge in [0.2, 0.25) is 5.91 Å². The number of hydrogen-bond acceptors (Lipinski definition) is 5. The lowest BCUT2D eigenvalue weighted by Crippen LogP contribution is -2.35. The molecule has 0 aromatic carbocycles. The summed E-state index contributed by atoms with van der Waals surface area (Å²) in [4.78, 5) is 36.0. The molecule has 0 saturated carbocycles. The Morgan fingerprint density at radius 3 is 2.43 bits per heavy atom. The Labute approximate surface area is 127 Å². The van der Waals surface area contributed by atoms with Crippen LogP contribution in [-0.2, 0) is 14.3 Å². The highest BCUT2D eigenvalue weighted by Crippen LogP contribution is 2.33. The van der Waals surface area contributed by atoms with Crippen LogP contribution in [0.25, 0.3) is 0 Å². The number of nitrogens with one attached hydrogen (secondary N) is 2. The number of carbonyl (C=O) groups is 3. The average Bonchev–Trinajstić information content (AvgIpc) is 2.64. The van der Waals surface area contributed by atoms with E-state index in [4.69, 9.17) is 4.74 Å². The number of amides is 2. The van der Waals surface area contributed by atoms with E-state index in [9.17, 15) is 14.4 Å². The van der Waals surface area contributed by atoms with Gasteiger partial charge in [0.1, 0.15) is 5.00 Å². The van der Waals surface area contributed by atoms with Crippen molar-refractivity contribution in [2.45, 2.75) is 40.7 Å². The van der Waals surface area contributed by atoms with Crippen molar-refractivity contribution in [2.75, 3.05) is 11.9 Å². The molecular weight excluding hydrogens is 292 g/mol. The molecule has 1 aromatic rings. The highest BCUT2D eigenvalue weighted by atomic mass is 32.1. The highest BCUT2D eigenvalue weighted by Gasteiger charge is 2.25. The zero-order valence-corrected chi connectivity index (χ0v) is 13.6. The molecule has 0 fully saturated rings. The van der Waals surface area contributed by atoms with Gasteiger partial charge in [0.05, 0.1) is 5.56 Å². The van der Waals surface area contributed by atoms with Crippen LogP contribution in [0.2, 0.25) is 0 Å². The number of rotatable bonds is 5. The van der Waals surface area contributed by atoms with E-state index in [0.717, 1.165) is 10.4 Å². The van der Waals surface area contributed by atoms with Gasteiger partial charge in [0.15, 0.2) is 6.10 Å². The zero-order valence-electron chi connectivity index (χ0n) is 12.8. The third-order valence-corrected chi connectivity index (χ3v) is 4.01. The SMILES string of the molecule is CCNC(=O)[C@H](C)OC(=O)c1c(NC(C)=O)sc(C)c1C. The maximum Gasteiger partial charge on any atom is 0.342 e. The minimum absolute atomic E-state index is 0.262. The molecule has 2 N–H and O–H groups in total. The molecule has 21 heavy (non-hydrogen) atoms. The zero-order chi connectivity index (χ0) is 16.2. The number of thiophene rings is 1. The van der Waals surface area contributed by atoms with Gasteiger partial charge in [-0.3, -0.25) is 9.59 Å². The first-order valence-corrected chi connectivity index (χ1v) is 7.45. The van der Waals surface area contributed by atoms with Crippen molar-refractivity contribution in [3.63, 3.8) is 0 Å². The highest BCUT2D eigenvalue weighted by molar-refractivity contribution is 7.16. The van der Waals surface area contributed by atoms with E-state index in [-0.39, 0.29) is 11.8 Å². The molecule has 0 unspecified atom stereocenters. The Morgan fingerprint density at radius 2 is 1.90 bits per heavy atom. The van der Waals surface area contributed by atoms with E-state index < -0.39 is 12.1 Å². The van der Waals surface area contributed by atoms with Crippen LogP contribution in [0, 0.1) is 13.8 Å². The third kappa shape index (κ3) is 4.29. The van der Waals surface area contributed by atoms with Crippen molar-refractivity contribution in [3.05, 3.63) is 16.0 Å². The third-order valence-electron chi connectivity index (χ3n) is 2.88. The van der Waals surface area contributed by atoms with Crippen molar-refractivity contribution in [1.82, 2.24) is 5.32 Å². The van der Waals surface area contributed by atoms with Crippen LogP contribution in [0.15, 0.2) is 0 Å². The first-order valence-electron chi connectivity index (χ1n) is 6.64. The molecule has 116 valence electrons. The summed E-state index contributed by atoms with van der Waals surface area (Å²) in [5.74, 6) is -1.22. The standard InChI is InChI=1S/C14H20N2O4S/c1-6-15-12(18)8(3)20-14(19)11-7(2)9(4)21-13(11)16-10(5)17/h8H,6H2,1-5H3,(H,15,18)(H,16,17)/t8-/m0/s1. The molecule has 0 bridgehead atoms. The fraction of sp³-hybridized carbons (Fsp3) is 0.500. The maximum absolute atomic E-state index is 12.3. The summed E-state index contributed by atoms with van der Waals surface area (Å²) in [6, 6.07) is 0. The van der Waals surface area contributed by atoms with E-state index in [0.29, 0.717) is 17.1 Å². The van der Waals surface area contributed by atoms with Gasteiger partial charge in [-0.25, -0.2) is 4.79 Å². The van der Waals surface area contributed by atoms with Crippen molar-refractivity contribution in [3.8, 4) is 0 Å². The van der Waals surface area contributed by atoms with Crippen LogP contribution in [-0.4, -0.2) is 30.4 Å². The Bertz CT molecular complexity index is 566. The number of anilines is 1. The quantitative estimate of drug-likeness (QED) is 0.815. The second kappa shape index (κ2) is 7.21. The molecule has 0 radical (unpaired) electrons. The summed E-state index contributed by atoms with van der Waals surface area (Å²) >= 11 is 1.31. The molecule has 6 nitrogen and oxygen atoms in total. The molecule has 0 spiro atoms. The maximum atomic E-state index is 12.3. The predicted molar refractivity (Wildman–Crippen MR) is 81.7 cm³/mol. The monoisotopic (exact) mass is 312 g/mol. The summed E-state index contributed by atoms with van der Waals surface area (Å²) < 4.78 is 5.17.